The van der Waals surface area contributed by atoms with E-state index in [-0.39, 0.29) is 40.1 Å². The first kappa shape index (κ1) is 28.1. The first-order valence-corrected chi connectivity index (χ1v) is 12.8. The van der Waals surface area contributed by atoms with E-state index in [4.69, 9.17) is 25.8 Å². The number of imide groups is 2. The van der Waals surface area contributed by atoms with Gasteiger partial charge in [-0.2, -0.15) is 0 Å². The maximum atomic E-state index is 13.8. The molecular formula is C30H22ClN3O8. The standard InChI is InChI=1S/C30H22ClN3O8/c1-40-26-15-24(27(41-2)14-23(26)31)33-29(36)22(28(35)32-30(33)37)13-21-20-9-4-3-7-18(20)10-11-25(21)42-16-17-6-5-8-19(12-17)34(38)39/h3-15H,16H2,1-2H3,(H,32,35,37)/b22-13+. The summed E-state index contributed by atoms with van der Waals surface area (Å²) in [4.78, 5) is 51.2. The summed E-state index contributed by atoms with van der Waals surface area (Å²) in [6.07, 6.45) is 1.35. The molecule has 0 saturated carbocycles. The van der Waals surface area contributed by atoms with Crippen molar-refractivity contribution in [2.75, 3.05) is 19.1 Å². The molecule has 12 heteroatoms. The molecule has 5 rings (SSSR count). The van der Waals surface area contributed by atoms with Crippen LogP contribution >= 0.6 is 11.6 Å². The van der Waals surface area contributed by atoms with E-state index in [0.29, 0.717) is 22.3 Å². The average Bonchev–Trinajstić information content (AvgIpc) is 2.98. The molecule has 1 aliphatic heterocycles. The topological polar surface area (TPSA) is 137 Å². The largest absolute Gasteiger partial charge is 0.495 e. The number of amides is 4. The van der Waals surface area contributed by atoms with Crippen LogP contribution in [0.5, 0.6) is 17.2 Å². The molecule has 0 aromatic heterocycles. The first-order valence-electron chi connectivity index (χ1n) is 12.4. The number of halogens is 1. The van der Waals surface area contributed by atoms with E-state index in [9.17, 15) is 24.5 Å². The smallest absolute Gasteiger partial charge is 0.336 e. The van der Waals surface area contributed by atoms with Gasteiger partial charge in [-0.1, -0.05) is 54.1 Å². The number of benzene rings is 4. The number of fused-ring (bicyclic) bond motifs is 1. The number of barbiturate groups is 1. The van der Waals surface area contributed by atoms with Crippen LogP contribution < -0.4 is 24.4 Å². The second-order valence-corrected chi connectivity index (χ2v) is 9.44. The van der Waals surface area contributed by atoms with E-state index in [1.165, 1.54) is 44.6 Å². The molecule has 0 bridgehead atoms. The molecule has 0 unspecified atom stereocenters. The minimum absolute atomic E-state index is 0.0136. The van der Waals surface area contributed by atoms with Crippen molar-refractivity contribution in [2.24, 2.45) is 0 Å². The lowest BCUT2D eigenvalue weighted by Gasteiger charge is -2.28. The molecule has 0 atom stereocenters. The van der Waals surface area contributed by atoms with Gasteiger partial charge >= 0.3 is 6.03 Å². The van der Waals surface area contributed by atoms with Gasteiger partial charge in [0.15, 0.2) is 0 Å². The van der Waals surface area contributed by atoms with Gasteiger partial charge < -0.3 is 14.2 Å². The zero-order chi connectivity index (χ0) is 30.0. The predicted octanol–water partition coefficient (Wildman–Crippen LogP) is 5.66. The Labute approximate surface area is 244 Å². The van der Waals surface area contributed by atoms with Crippen LogP contribution in [0.2, 0.25) is 5.02 Å². The number of hydrogen-bond donors (Lipinski definition) is 1. The lowest BCUT2D eigenvalue weighted by Crippen LogP contribution is -2.54. The van der Waals surface area contributed by atoms with E-state index in [0.717, 1.165) is 10.3 Å². The van der Waals surface area contributed by atoms with Gasteiger partial charge in [0, 0.05) is 29.8 Å². The monoisotopic (exact) mass is 587 g/mol. The fourth-order valence-corrected chi connectivity index (χ4v) is 4.74. The summed E-state index contributed by atoms with van der Waals surface area (Å²) in [5, 5.41) is 15.0. The number of nitro benzene ring substituents is 1. The van der Waals surface area contributed by atoms with Gasteiger partial charge in [0.05, 0.1) is 29.9 Å². The number of nitro groups is 1. The number of nitrogens with zero attached hydrogens (tertiary/aromatic N) is 2. The number of non-ortho nitro benzene ring substituents is 1. The third-order valence-electron chi connectivity index (χ3n) is 6.53. The third kappa shape index (κ3) is 5.32. The van der Waals surface area contributed by atoms with Crippen LogP contribution in [0.25, 0.3) is 16.8 Å². The lowest BCUT2D eigenvalue weighted by molar-refractivity contribution is -0.384. The number of rotatable bonds is 8. The molecular weight excluding hydrogens is 566 g/mol. The van der Waals surface area contributed by atoms with Gasteiger partial charge in [-0.05, 0) is 28.5 Å². The molecule has 0 radical (unpaired) electrons. The number of anilines is 1. The Morgan fingerprint density at radius 1 is 0.929 bits per heavy atom. The van der Waals surface area contributed by atoms with Crippen LogP contribution in [-0.2, 0) is 16.2 Å². The number of carbonyl (C=O) groups is 3. The Morgan fingerprint density at radius 2 is 1.69 bits per heavy atom. The Morgan fingerprint density at radius 3 is 2.43 bits per heavy atom. The summed E-state index contributed by atoms with van der Waals surface area (Å²) in [7, 11) is 2.72. The van der Waals surface area contributed by atoms with Crippen LogP contribution in [-0.4, -0.2) is 37.0 Å². The van der Waals surface area contributed by atoms with Crippen LogP contribution in [0.4, 0.5) is 16.2 Å². The quantitative estimate of drug-likeness (QED) is 0.121. The minimum Gasteiger partial charge on any atom is -0.495 e. The molecule has 0 spiro atoms. The van der Waals surface area contributed by atoms with Crippen molar-refractivity contribution in [3.05, 3.63) is 105 Å². The van der Waals surface area contributed by atoms with Crippen molar-refractivity contribution in [3.8, 4) is 17.2 Å². The molecule has 212 valence electrons. The number of hydrogen-bond acceptors (Lipinski definition) is 8. The second kappa shape index (κ2) is 11.6. The second-order valence-electron chi connectivity index (χ2n) is 9.03. The van der Waals surface area contributed by atoms with Crippen molar-refractivity contribution in [2.45, 2.75) is 6.61 Å². The molecule has 4 aromatic carbocycles. The molecule has 0 aliphatic carbocycles. The van der Waals surface area contributed by atoms with E-state index >= 15 is 0 Å². The van der Waals surface area contributed by atoms with E-state index in [2.05, 4.69) is 5.32 Å². The van der Waals surface area contributed by atoms with Crippen molar-refractivity contribution < 1.29 is 33.5 Å². The van der Waals surface area contributed by atoms with Crippen molar-refractivity contribution in [1.82, 2.24) is 5.32 Å². The highest BCUT2D eigenvalue weighted by Gasteiger charge is 2.39. The first-order chi connectivity index (χ1) is 20.2. The minimum atomic E-state index is -0.982. The van der Waals surface area contributed by atoms with Crippen LogP contribution in [0.15, 0.2) is 78.4 Å². The molecule has 1 heterocycles. The Hall–Kier alpha value is -5.42. The third-order valence-corrected chi connectivity index (χ3v) is 6.83. The SMILES string of the molecule is COc1cc(N2C(=O)NC(=O)/C(=C\c3c(OCc4cccc([N+](=O)[O-])c4)ccc4ccccc34)C2=O)c(OC)cc1Cl. The number of nitrogens with one attached hydrogen (secondary N) is 1. The maximum absolute atomic E-state index is 13.8. The van der Waals surface area contributed by atoms with Crippen molar-refractivity contribution >= 4 is 57.7 Å². The molecule has 11 nitrogen and oxygen atoms in total. The summed E-state index contributed by atoms with van der Waals surface area (Å²) in [5.41, 5.74) is 0.525. The summed E-state index contributed by atoms with van der Waals surface area (Å²) in [6, 6.07) is 18.5. The van der Waals surface area contributed by atoms with Gasteiger partial charge in [-0.15, -0.1) is 0 Å². The van der Waals surface area contributed by atoms with Crippen LogP contribution in [0.1, 0.15) is 11.1 Å². The molecule has 1 saturated heterocycles. The molecule has 1 aliphatic rings. The normalized spacial score (nSPS) is 14.2. The number of ether oxygens (including phenoxy) is 3. The van der Waals surface area contributed by atoms with E-state index < -0.39 is 22.8 Å². The van der Waals surface area contributed by atoms with Gasteiger partial charge in [-0.3, -0.25) is 25.0 Å². The van der Waals surface area contributed by atoms with Crippen molar-refractivity contribution in [3.63, 3.8) is 0 Å². The highest BCUT2D eigenvalue weighted by Crippen LogP contribution is 2.40. The highest BCUT2D eigenvalue weighted by atomic mass is 35.5. The predicted molar refractivity (Wildman–Crippen MR) is 155 cm³/mol. The zero-order valence-electron chi connectivity index (χ0n) is 22.3. The summed E-state index contributed by atoms with van der Waals surface area (Å²) < 4.78 is 16.6. The van der Waals surface area contributed by atoms with Gasteiger partial charge in [0.2, 0.25) is 0 Å². The number of methoxy groups -OCH3 is 2. The van der Waals surface area contributed by atoms with Crippen molar-refractivity contribution in [1.29, 1.82) is 0 Å². The van der Waals surface area contributed by atoms with Gasteiger partial charge in [0.1, 0.15) is 29.4 Å². The highest BCUT2D eigenvalue weighted by molar-refractivity contribution is 6.40. The lowest BCUT2D eigenvalue weighted by atomic mass is 9.99. The summed E-state index contributed by atoms with van der Waals surface area (Å²) >= 11 is 6.20. The fraction of sp³-hybridized carbons (Fsp3) is 0.100. The van der Waals surface area contributed by atoms with Crippen LogP contribution in [0, 0.1) is 10.1 Å². The number of urea groups is 1. The average molecular weight is 588 g/mol. The molecule has 4 amide bonds. The fourth-order valence-electron chi connectivity index (χ4n) is 4.51. The molecule has 1 fully saturated rings. The molecule has 1 N–H and O–H groups in total. The maximum Gasteiger partial charge on any atom is 0.336 e. The molecule has 4 aromatic rings. The Bertz CT molecular complexity index is 1800. The van der Waals surface area contributed by atoms with Gasteiger partial charge in [-0.25, -0.2) is 9.69 Å². The molecule has 42 heavy (non-hydrogen) atoms. The zero-order valence-corrected chi connectivity index (χ0v) is 23.0. The van der Waals surface area contributed by atoms with Gasteiger partial charge in [0.25, 0.3) is 17.5 Å². The Balaban J connectivity index is 1.59. The summed E-state index contributed by atoms with van der Waals surface area (Å²) in [5.74, 6) is -1.23. The Kier molecular flexibility index (Phi) is 7.76. The van der Waals surface area contributed by atoms with E-state index in [1.54, 1.807) is 30.3 Å². The van der Waals surface area contributed by atoms with Crippen LogP contribution in [0.3, 0.4) is 0 Å². The summed E-state index contributed by atoms with van der Waals surface area (Å²) in [6.45, 7) is -0.0251. The number of carbonyl (C=O) groups excluding carboxylic acids is 3. The van der Waals surface area contributed by atoms with E-state index in [1.807, 2.05) is 18.2 Å².